The molecule has 0 aliphatic heterocycles. The monoisotopic (exact) mass is 482 g/mol. The minimum atomic E-state index is -0.765. The van der Waals surface area contributed by atoms with E-state index in [0.717, 1.165) is 0 Å². The predicted octanol–water partition coefficient (Wildman–Crippen LogP) is 3.75. The average molecular weight is 483 g/mol. The van der Waals surface area contributed by atoms with Gasteiger partial charge in [0, 0.05) is 5.56 Å². The molecule has 0 saturated heterocycles. The van der Waals surface area contributed by atoms with Crippen LogP contribution in [-0.4, -0.2) is 39.0 Å². The molecule has 0 bridgehead atoms. The number of anilines is 1. The molecule has 0 saturated carbocycles. The number of amidine groups is 1. The number of carbonyl (C=O) groups is 2. The van der Waals surface area contributed by atoms with Gasteiger partial charge in [0.15, 0.2) is 11.5 Å². The summed E-state index contributed by atoms with van der Waals surface area (Å²) in [5.41, 5.74) is 13.2. The molecule has 0 spiro atoms. The molecule has 34 heavy (non-hydrogen) atoms. The van der Waals surface area contributed by atoms with Crippen molar-refractivity contribution in [3.63, 3.8) is 0 Å². The van der Waals surface area contributed by atoms with Crippen molar-refractivity contribution in [3.8, 4) is 17.2 Å². The summed E-state index contributed by atoms with van der Waals surface area (Å²) < 4.78 is 16.1. The lowest BCUT2D eigenvalue weighted by Crippen LogP contribution is -2.23. The number of amides is 2. The molecule has 0 atom stereocenters. The van der Waals surface area contributed by atoms with Gasteiger partial charge in [0.05, 0.1) is 48.9 Å². The Morgan fingerprint density at radius 1 is 0.912 bits per heavy atom. The summed E-state index contributed by atoms with van der Waals surface area (Å²) in [4.78, 5) is 29.1. The number of hydrogen-bond acceptors (Lipinski definition) is 6. The van der Waals surface area contributed by atoms with Crippen LogP contribution in [0.5, 0.6) is 17.2 Å². The molecule has 3 rings (SSSR count). The zero-order valence-electron chi connectivity index (χ0n) is 18.7. The molecule has 0 unspecified atom stereocenters. The van der Waals surface area contributed by atoms with Crippen molar-refractivity contribution in [3.05, 3.63) is 76.3 Å². The Labute approximate surface area is 201 Å². The Hall–Kier alpha value is -4.24. The van der Waals surface area contributed by atoms with Crippen LogP contribution in [0.2, 0.25) is 5.02 Å². The number of carbonyl (C=O) groups excluding carboxylic acids is 2. The number of aliphatic imine (C=N–C) groups is 1. The van der Waals surface area contributed by atoms with Gasteiger partial charge in [0.1, 0.15) is 5.84 Å². The fourth-order valence-corrected chi connectivity index (χ4v) is 3.43. The second-order valence-corrected chi connectivity index (χ2v) is 7.32. The van der Waals surface area contributed by atoms with E-state index in [1.807, 2.05) is 6.07 Å². The lowest BCUT2D eigenvalue weighted by Gasteiger charge is -2.18. The third-order valence-corrected chi connectivity index (χ3v) is 5.16. The minimum Gasteiger partial charge on any atom is -0.493 e. The van der Waals surface area contributed by atoms with Crippen molar-refractivity contribution in [1.82, 2.24) is 0 Å². The summed E-state index contributed by atoms with van der Waals surface area (Å²) in [7, 11) is 4.22. The third kappa shape index (κ3) is 5.05. The zero-order chi connectivity index (χ0) is 24.8. The van der Waals surface area contributed by atoms with Crippen LogP contribution in [0.15, 0.2) is 59.6 Å². The second-order valence-electron chi connectivity index (χ2n) is 6.91. The molecule has 5 N–H and O–H groups in total. The van der Waals surface area contributed by atoms with E-state index >= 15 is 0 Å². The highest BCUT2D eigenvalue weighted by Crippen LogP contribution is 2.42. The van der Waals surface area contributed by atoms with Crippen molar-refractivity contribution >= 4 is 40.6 Å². The van der Waals surface area contributed by atoms with Crippen molar-refractivity contribution in [2.24, 2.45) is 16.5 Å². The molecular formula is C24H23ClN4O5. The van der Waals surface area contributed by atoms with Crippen LogP contribution in [0.25, 0.3) is 0 Å². The Bertz CT molecular complexity index is 1260. The fraction of sp³-hybridized carbons (Fsp3) is 0.125. The molecule has 176 valence electrons. The smallest absolute Gasteiger partial charge is 0.255 e. The van der Waals surface area contributed by atoms with E-state index in [1.54, 1.807) is 42.5 Å². The summed E-state index contributed by atoms with van der Waals surface area (Å²) in [5, 5.41) is 3.06. The molecule has 2 amide bonds. The molecule has 0 radical (unpaired) electrons. The molecule has 0 aliphatic rings. The highest BCUT2D eigenvalue weighted by molar-refractivity contribution is 6.34. The Morgan fingerprint density at radius 2 is 1.59 bits per heavy atom. The van der Waals surface area contributed by atoms with Gasteiger partial charge in [0.2, 0.25) is 11.7 Å². The first-order valence-electron chi connectivity index (χ1n) is 9.93. The molecule has 0 aromatic heterocycles. The van der Waals surface area contributed by atoms with E-state index in [4.69, 9.17) is 37.3 Å². The van der Waals surface area contributed by atoms with Crippen LogP contribution in [0.1, 0.15) is 26.3 Å². The van der Waals surface area contributed by atoms with Crippen LogP contribution in [0.3, 0.4) is 0 Å². The fourth-order valence-electron chi connectivity index (χ4n) is 3.26. The van der Waals surface area contributed by atoms with Crippen LogP contribution in [0, 0.1) is 0 Å². The quantitative estimate of drug-likeness (QED) is 0.330. The van der Waals surface area contributed by atoms with Crippen molar-refractivity contribution < 1.29 is 23.8 Å². The summed E-state index contributed by atoms with van der Waals surface area (Å²) in [6.45, 7) is 0. The van der Waals surface area contributed by atoms with Gasteiger partial charge in [-0.3, -0.25) is 9.59 Å². The molecule has 0 heterocycles. The number of nitrogens with two attached hydrogens (primary N) is 2. The Morgan fingerprint density at radius 3 is 2.18 bits per heavy atom. The van der Waals surface area contributed by atoms with E-state index in [9.17, 15) is 9.59 Å². The lowest BCUT2D eigenvalue weighted by molar-refractivity contribution is 0.0996. The highest BCUT2D eigenvalue weighted by atomic mass is 35.5. The number of nitrogens with zero attached hydrogens (tertiary/aromatic N) is 1. The Balaban J connectivity index is 2.06. The van der Waals surface area contributed by atoms with Gasteiger partial charge in [-0.2, -0.15) is 0 Å². The number of benzene rings is 3. The van der Waals surface area contributed by atoms with Crippen LogP contribution in [-0.2, 0) is 0 Å². The normalized spacial score (nSPS) is 11.0. The third-order valence-electron chi connectivity index (χ3n) is 4.84. The summed E-state index contributed by atoms with van der Waals surface area (Å²) in [5.74, 6) is -0.594. The van der Waals surface area contributed by atoms with Gasteiger partial charge in [-0.05, 0) is 36.4 Å². The SMILES string of the molecule is COc1cc(C(N)=O)c(C(N)=Nc2ccc(Cl)c(NC(=O)c3ccccc3)c2)c(OC)c1OC. The number of rotatable bonds is 8. The van der Waals surface area contributed by atoms with Crippen molar-refractivity contribution in [2.45, 2.75) is 0 Å². The number of ether oxygens (including phenoxy) is 3. The molecule has 3 aromatic carbocycles. The first kappa shape index (κ1) is 24.4. The van der Waals surface area contributed by atoms with Gasteiger partial charge in [-0.1, -0.05) is 29.8 Å². The van der Waals surface area contributed by atoms with Crippen LogP contribution >= 0.6 is 11.6 Å². The van der Waals surface area contributed by atoms with Crippen molar-refractivity contribution in [1.29, 1.82) is 0 Å². The maximum atomic E-state index is 12.5. The average Bonchev–Trinajstić information content (AvgIpc) is 2.84. The standard InChI is InChI=1S/C24H23ClN4O5/c1-32-18-12-15(23(27)30)19(21(34-3)20(18)33-2)22(26)28-14-9-10-16(25)17(11-14)29-24(31)13-7-5-4-6-8-13/h4-12H,1-3H3,(H2,26,28)(H2,27,30)(H,29,31). The summed E-state index contributed by atoms with van der Waals surface area (Å²) >= 11 is 6.26. The first-order chi connectivity index (χ1) is 16.3. The number of primary amides is 1. The van der Waals surface area contributed by atoms with Gasteiger partial charge >= 0.3 is 0 Å². The largest absolute Gasteiger partial charge is 0.493 e. The summed E-state index contributed by atoms with van der Waals surface area (Å²) in [6, 6.07) is 14.8. The zero-order valence-corrected chi connectivity index (χ0v) is 19.5. The van der Waals surface area contributed by atoms with Gasteiger partial charge < -0.3 is 31.0 Å². The van der Waals surface area contributed by atoms with E-state index < -0.39 is 5.91 Å². The minimum absolute atomic E-state index is 0.0299. The topological polar surface area (TPSA) is 138 Å². The van der Waals surface area contributed by atoms with Gasteiger partial charge in [-0.15, -0.1) is 0 Å². The Kier molecular flexibility index (Phi) is 7.60. The predicted molar refractivity (Wildman–Crippen MR) is 131 cm³/mol. The number of halogens is 1. The van der Waals surface area contributed by atoms with Crippen LogP contribution < -0.4 is 31.0 Å². The van der Waals surface area contributed by atoms with E-state index in [0.29, 0.717) is 22.0 Å². The number of nitrogens with one attached hydrogen (secondary N) is 1. The molecule has 0 aliphatic carbocycles. The maximum Gasteiger partial charge on any atom is 0.255 e. The van der Waals surface area contributed by atoms with E-state index in [2.05, 4.69) is 10.3 Å². The molecule has 0 fully saturated rings. The molecule has 10 heteroatoms. The number of hydrogen-bond donors (Lipinski definition) is 3. The van der Waals surface area contributed by atoms with Crippen molar-refractivity contribution in [2.75, 3.05) is 26.6 Å². The van der Waals surface area contributed by atoms with E-state index in [-0.39, 0.29) is 40.1 Å². The molecule has 9 nitrogen and oxygen atoms in total. The van der Waals surface area contributed by atoms with Crippen LogP contribution in [0.4, 0.5) is 11.4 Å². The van der Waals surface area contributed by atoms with E-state index in [1.165, 1.54) is 27.4 Å². The number of methoxy groups -OCH3 is 3. The molecule has 3 aromatic rings. The van der Waals surface area contributed by atoms with Gasteiger partial charge in [0.25, 0.3) is 5.91 Å². The first-order valence-corrected chi connectivity index (χ1v) is 10.3. The maximum absolute atomic E-state index is 12.5. The lowest BCUT2D eigenvalue weighted by atomic mass is 10.0. The highest BCUT2D eigenvalue weighted by Gasteiger charge is 2.25. The van der Waals surface area contributed by atoms with Gasteiger partial charge in [-0.25, -0.2) is 4.99 Å². The second kappa shape index (κ2) is 10.6. The molecular weight excluding hydrogens is 460 g/mol. The summed E-state index contributed by atoms with van der Waals surface area (Å²) in [6.07, 6.45) is 0.